The summed E-state index contributed by atoms with van der Waals surface area (Å²) in [6.45, 7) is 12.2. The zero-order valence-electron chi connectivity index (χ0n) is 15.5. The molecule has 2 aliphatic heterocycles. The molecule has 2 fully saturated rings. The van der Waals surface area contributed by atoms with Crippen molar-refractivity contribution in [3.63, 3.8) is 0 Å². The third kappa shape index (κ3) is 5.77. The van der Waals surface area contributed by atoms with Gasteiger partial charge in [0.2, 0.25) is 0 Å². The third-order valence-electron chi connectivity index (χ3n) is 4.82. The maximum Gasteiger partial charge on any atom is 0.193 e. The van der Waals surface area contributed by atoms with E-state index in [0.29, 0.717) is 0 Å². The fourth-order valence-corrected chi connectivity index (χ4v) is 4.43. The summed E-state index contributed by atoms with van der Waals surface area (Å²) in [6, 6.07) is 0. The van der Waals surface area contributed by atoms with Crippen molar-refractivity contribution in [3.05, 3.63) is 15.6 Å². The number of aromatic nitrogens is 1. The molecule has 0 amide bonds. The molecule has 1 aromatic heterocycles. The molecule has 8 heteroatoms. The lowest BCUT2D eigenvalue weighted by Crippen LogP contribution is -2.42. The molecular formula is C17H30IN5OS. The molecule has 6 nitrogen and oxygen atoms in total. The number of morpholine rings is 1. The maximum atomic E-state index is 5.44. The number of guanidine groups is 1. The average Bonchev–Trinajstić information content (AvgIpc) is 3.16. The number of halogens is 1. The van der Waals surface area contributed by atoms with Crippen LogP contribution in [0.15, 0.2) is 4.99 Å². The lowest BCUT2D eigenvalue weighted by Gasteiger charge is -2.29. The molecule has 0 bridgehead atoms. The van der Waals surface area contributed by atoms with Crippen molar-refractivity contribution in [2.45, 2.75) is 26.8 Å². The van der Waals surface area contributed by atoms with E-state index < -0.39 is 0 Å². The van der Waals surface area contributed by atoms with E-state index in [9.17, 15) is 0 Å². The average molecular weight is 479 g/mol. The molecule has 3 rings (SSSR count). The van der Waals surface area contributed by atoms with Crippen LogP contribution < -0.4 is 5.32 Å². The second kappa shape index (κ2) is 10.0. The van der Waals surface area contributed by atoms with E-state index in [1.54, 1.807) is 11.3 Å². The summed E-state index contributed by atoms with van der Waals surface area (Å²) in [6.07, 6.45) is 1.25. The van der Waals surface area contributed by atoms with E-state index in [2.05, 4.69) is 38.9 Å². The van der Waals surface area contributed by atoms with Crippen LogP contribution in [-0.4, -0.2) is 73.7 Å². The molecule has 25 heavy (non-hydrogen) atoms. The van der Waals surface area contributed by atoms with Crippen molar-refractivity contribution in [2.24, 2.45) is 10.9 Å². The molecule has 0 aromatic carbocycles. The quantitative estimate of drug-likeness (QED) is 0.408. The number of ether oxygens (including phenoxy) is 1. The molecule has 2 aliphatic rings. The van der Waals surface area contributed by atoms with Gasteiger partial charge in [0, 0.05) is 44.6 Å². The zero-order chi connectivity index (χ0) is 16.9. The van der Waals surface area contributed by atoms with Gasteiger partial charge in [-0.05, 0) is 26.2 Å². The first-order valence-corrected chi connectivity index (χ1v) is 9.66. The molecule has 2 saturated heterocycles. The van der Waals surface area contributed by atoms with Gasteiger partial charge in [-0.15, -0.1) is 35.3 Å². The monoisotopic (exact) mass is 479 g/mol. The minimum absolute atomic E-state index is 0. The van der Waals surface area contributed by atoms with Crippen LogP contribution >= 0.6 is 35.3 Å². The first kappa shape index (κ1) is 20.9. The lowest BCUT2D eigenvalue weighted by atomic mass is 10.1. The molecule has 0 aliphatic carbocycles. The highest BCUT2D eigenvalue weighted by Gasteiger charge is 2.27. The van der Waals surface area contributed by atoms with E-state index in [1.165, 1.54) is 17.8 Å². The number of hydrogen-bond acceptors (Lipinski definition) is 5. The summed E-state index contributed by atoms with van der Waals surface area (Å²) in [7, 11) is 1.88. The van der Waals surface area contributed by atoms with E-state index in [-0.39, 0.29) is 24.0 Å². The standard InChI is InChI=1S/C17H29N5OS.HI/c1-13-16(24-14(2)20-13)10-19-17(18-3)22-5-4-15(12-22)11-21-6-8-23-9-7-21;/h15H,4-12H2,1-3H3,(H,18,19);1H. The molecule has 0 spiro atoms. The normalized spacial score (nSPS) is 22.1. The van der Waals surface area contributed by atoms with Gasteiger partial charge in [-0.2, -0.15) is 0 Å². The van der Waals surface area contributed by atoms with Crippen LogP contribution in [0.3, 0.4) is 0 Å². The van der Waals surface area contributed by atoms with Crippen LogP contribution in [0.5, 0.6) is 0 Å². The minimum Gasteiger partial charge on any atom is -0.379 e. The SMILES string of the molecule is CN=C(NCc1sc(C)nc1C)N1CCC(CN2CCOCC2)C1.I. The van der Waals surface area contributed by atoms with Gasteiger partial charge in [-0.25, -0.2) is 4.98 Å². The maximum absolute atomic E-state index is 5.44. The smallest absolute Gasteiger partial charge is 0.193 e. The first-order valence-electron chi connectivity index (χ1n) is 8.84. The Hall–Kier alpha value is -0.450. The molecule has 0 radical (unpaired) electrons. The highest BCUT2D eigenvalue weighted by molar-refractivity contribution is 14.0. The highest BCUT2D eigenvalue weighted by Crippen LogP contribution is 2.20. The van der Waals surface area contributed by atoms with Crippen molar-refractivity contribution in [1.29, 1.82) is 0 Å². The lowest BCUT2D eigenvalue weighted by molar-refractivity contribution is 0.0315. The molecular weight excluding hydrogens is 449 g/mol. The summed E-state index contributed by atoms with van der Waals surface area (Å²) in [5.74, 6) is 1.75. The molecule has 0 saturated carbocycles. The van der Waals surface area contributed by atoms with Crippen molar-refractivity contribution >= 4 is 41.3 Å². The fraction of sp³-hybridized carbons (Fsp3) is 0.765. The molecule has 142 valence electrons. The summed E-state index contributed by atoms with van der Waals surface area (Å²) in [5, 5.41) is 4.65. The summed E-state index contributed by atoms with van der Waals surface area (Å²) >= 11 is 1.77. The van der Waals surface area contributed by atoms with E-state index in [4.69, 9.17) is 4.74 Å². The van der Waals surface area contributed by atoms with Crippen LogP contribution in [0, 0.1) is 19.8 Å². The number of rotatable bonds is 4. The molecule has 1 unspecified atom stereocenters. The summed E-state index contributed by atoms with van der Waals surface area (Å²) in [5.41, 5.74) is 1.13. The Balaban J connectivity index is 0.00000225. The Labute approximate surface area is 172 Å². The molecule has 1 N–H and O–H groups in total. The van der Waals surface area contributed by atoms with Gasteiger partial charge in [-0.1, -0.05) is 0 Å². The first-order chi connectivity index (χ1) is 11.7. The van der Waals surface area contributed by atoms with Crippen molar-refractivity contribution < 1.29 is 4.74 Å². The van der Waals surface area contributed by atoms with Crippen LogP contribution in [0.25, 0.3) is 0 Å². The Morgan fingerprint density at radius 3 is 2.72 bits per heavy atom. The van der Waals surface area contributed by atoms with Crippen molar-refractivity contribution in [1.82, 2.24) is 20.1 Å². The second-order valence-electron chi connectivity index (χ2n) is 6.66. The largest absolute Gasteiger partial charge is 0.379 e. The number of aliphatic imine (C=N–C) groups is 1. The van der Waals surface area contributed by atoms with E-state index in [0.717, 1.165) is 68.5 Å². The predicted octanol–water partition coefficient (Wildman–Crippen LogP) is 2.11. The topological polar surface area (TPSA) is 53.0 Å². The minimum atomic E-state index is 0. The number of likely N-dealkylation sites (tertiary alicyclic amines) is 1. The Morgan fingerprint density at radius 2 is 2.08 bits per heavy atom. The summed E-state index contributed by atoms with van der Waals surface area (Å²) < 4.78 is 5.44. The van der Waals surface area contributed by atoms with Crippen LogP contribution in [0.2, 0.25) is 0 Å². The number of nitrogens with zero attached hydrogens (tertiary/aromatic N) is 4. The fourth-order valence-electron chi connectivity index (χ4n) is 3.55. The summed E-state index contributed by atoms with van der Waals surface area (Å²) in [4.78, 5) is 15.2. The van der Waals surface area contributed by atoms with Crippen molar-refractivity contribution in [3.8, 4) is 0 Å². The predicted molar refractivity (Wildman–Crippen MR) is 114 cm³/mol. The van der Waals surface area contributed by atoms with Gasteiger partial charge < -0.3 is 15.0 Å². The highest BCUT2D eigenvalue weighted by atomic mass is 127. The third-order valence-corrected chi connectivity index (χ3v) is 5.90. The Kier molecular flexibility index (Phi) is 8.37. The number of hydrogen-bond donors (Lipinski definition) is 1. The van der Waals surface area contributed by atoms with Gasteiger partial charge >= 0.3 is 0 Å². The second-order valence-corrected chi connectivity index (χ2v) is 7.94. The Morgan fingerprint density at radius 1 is 1.32 bits per heavy atom. The van der Waals surface area contributed by atoms with E-state index >= 15 is 0 Å². The zero-order valence-corrected chi connectivity index (χ0v) is 18.6. The van der Waals surface area contributed by atoms with Crippen LogP contribution in [-0.2, 0) is 11.3 Å². The van der Waals surface area contributed by atoms with Crippen LogP contribution in [0.4, 0.5) is 0 Å². The van der Waals surface area contributed by atoms with Gasteiger partial charge in [0.05, 0.1) is 30.5 Å². The van der Waals surface area contributed by atoms with E-state index in [1.807, 2.05) is 7.05 Å². The molecule has 3 heterocycles. The number of aryl methyl sites for hydroxylation is 2. The molecule has 1 aromatic rings. The van der Waals surface area contributed by atoms with Gasteiger partial charge in [0.15, 0.2) is 5.96 Å². The van der Waals surface area contributed by atoms with Gasteiger partial charge in [0.1, 0.15) is 0 Å². The number of nitrogens with one attached hydrogen (secondary N) is 1. The van der Waals surface area contributed by atoms with Crippen molar-refractivity contribution in [2.75, 3.05) is 53.0 Å². The Bertz CT molecular complexity index is 573. The van der Waals surface area contributed by atoms with Gasteiger partial charge in [0.25, 0.3) is 0 Å². The number of thiazole rings is 1. The van der Waals surface area contributed by atoms with Crippen LogP contribution in [0.1, 0.15) is 22.0 Å². The van der Waals surface area contributed by atoms with Gasteiger partial charge in [-0.3, -0.25) is 9.89 Å². The molecule has 1 atom stereocenters.